The molecule has 4 atom stereocenters. The summed E-state index contributed by atoms with van der Waals surface area (Å²) in [5.74, 6) is 1.26. The summed E-state index contributed by atoms with van der Waals surface area (Å²) in [6, 6.07) is 11.1. The van der Waals surface area contributed by atoms with Crippen LogP contribution in [-0.2, 0) is 41.4 Å². The van der Waals surface area contributed by atoms with Gasteiger partial charge in [0.1, 0.15) is 19.0 Å². The van der Waals surface area contributed by atoms with Gasteiger partial charge in [-0.3, -0.25) is 4.79 Å². The summed E-state index contributed by atoms with van der Waals surface area (Å²) in [6.07, 6.45) is 10.1. The monoisotopic (exact) mass is 682 g/mol. The number of nitrogens with zero attached hydrogens (tertiary/aromatic N) is 5. The molecular formula is C34H43ClN6O5S. The van der Waals surface area contributed by atoms with E-state index in [-0.39, 0.29) is 24.2 Å². The Hall–Kier alpha value is -3.48. The van der Waals surface area contributed by atoms with Gasteiger partial charge in [-0.25, -0.2) is 17.8 Å². The summed E-state index contributed by atoms with van der Waals surface area (Å²) in [5.41, 5.74) is 3.32. The van der Waals surface area contributed by atoms with E-state index in [2.05, 4.69) is 31.2 Å². The van der Waals surface area contributed by atoms with Crippen molar-refractivity contribution in [1.29, 1.82) is 0 Å². The Morgan fingerprint density at radius 1 is 1.11 bits per heavy atom. The fraction of sp³-hybridized carbons (Fsp3) is 0.529. The summed E-state index contributed by atoms with van der Waals surface area (Å²) < 4.78 is 43.7. The summed E-state index contributed by atoms with van der Waals surface area (Å²) in [6.45, 7) is 3.96. The van der Waals surface area contributed by atoms with E-state index < -0.39 is 21.2 Å². The third-order valence-corrected chi connectivity index (χ3v) is 12.0. The molecule has 3 heterocycles. The van der Waals surface area contributed by atoms with Crippen LogP contribution in [0, 0.1) is 11.8 Å². The van der Waals surface area contributed by atoms with E-state index in [1.807, 2.05) is 31.2 Å². The minimum absolute atomic E-state index is 0.181. The number of carbonyl (C=O) groups is 1. The smallest absolute Gasteiger partial charge is 0.264 e. The van der Waals surface area contributed by atoms with Crippen molar-refractivity contribution in [2.45, 2.75) is 82.9 Å². The molecule has 1 aromatic heterocycles. The largest absolute Gasteiger partial charge is 0.487 e. The van der Waals surface area contributed by atoms with Gasteiger partial charge in [-0.1, -0.05) is 36.7 Å². The number of nitrogens with one attached hydrogen (secondary N) is 1. The van der Waals surface area contributed by atoms with Crippen molar-refractivity contribution in [3.05, 3.63) is 76.1 Å². The van der Waals surface area contributed by atoms with E-state index in [1.165, 1.54) is 5.56 Å². The summed E-state index contributed by atoms with van der Waals surface area (Å²) in [4.78, 5) is 15.8. The Labute approximate surface area is 281 Å². The quantitative estimate of drug-likeness (QED) is 0.361. The number of anilines is 1. The lowest BCUT2D eigenvalue weighted by Gasteiger charge is -2.44. The van der Waals surface area contributed by atoms with Gasteiger partial charge in [-0.15, -0.1) is 5.10 Å². The molecule has 3 aliphatic rings. The Kier molecular flexibility index (Phi) is 10.5. The van der Waals surface area contributed by atoms with Crippen LogP contribution in [0.25, 0.3) is 0 Å². The highest BCUT2D eigenvalue weighted by Crippen LogP contribution is 2.42. The summed E-state index contributed by atoms with van der Waals surface area (Å²) in [7, 11) is -2.12. The zero-order chi connectivity index (χ0) is 33.0. The molecule has 6 rings (SSSR count). The van der Waals surface area contributed by atoms with Crippen molar-refractivity contribution >= 4 is 33.2 Å². The maximum absolute atomic E-state index is 13.5. The zero-order valence-corrected chi connectivity index (χ0v) is 28.5. The number of aromatic nitrogens is 4. The number of halogens is 1. The Balaban J connectivity index is 1.35. The second-order valence-corrected chi connectivity index (χ2v) is 15.2. The topological polar surface area (TPSA) is 129 Å². The number of tetrazole rings is 1. The minimum Gasteiger partial charge on any atom is -0.487 e. The van der Waals surface area contributed by atoms with E-state index in [1.54, 1.807) is 29.9 Å². The number of rotatable bonds is 4. The summed E-state index contributed by atoms with van der Waals surface area (Å²) in [5, 5.41) is 11.8. The number of amides is 1. The Morgan fingerprint density at radius 2 is 1.98 bits per heavy atom. The lowest BCUT2D eigenvalue weighted by atomic mass is 9.70. The molecule has 1 aliphatic carbocycles. The molecule has 0 radical (unpaired) electrons. The maximum atomic E-state index is 13.5. The molecule has 252 valence electrons. The number of ether oxygens (including phenoxy) is 2. The van der Waals surface area contributed by atoms with Crippen molar-refractivity contribution < 1.29 is 22.7 Å². The number of hydrogen-bond donors (Lipinski definition) is 1. The van der Waals surface area contributed by atoms with Crippen molar-refractivity contribution in [1.82, 2.24) is 24.9 Å². The van der Waals surface area contributed by atoms with Gasteiger partial charge in [0, 0.05) is 30.7 Å². The molecule has 2 bridgehead atoms. The second kappa shape index (κ2) is 14.7. The van der Waals surface area contributed by atoms with Gasteiger partial charge < -0.3 is 14.4 Å². The lowest BCUT2D eigenvalue weighted by Crippen LogP contribution is -2.44. The van der Waals surface area contributed by atoms with Crippen LogP contribution < -0.4 is 14.4 Å². The number of sulfonamides is 1. The Morgan fingerprint density at radius 3 is 2.74 bits per heavy atom. The third kappa shape index (κ3) is 7.81. The van der Waals surface area contributed by atoms with Crippen LogP contribution in [0.4, 0.5) is 5.69 Å². The number of fused-ring (bicyclic) bond motifs is 3. The van der Waals surface area contributed by atoms with Crippen LogP contribution in [0.3, 0.4) is 0 Å². The molecule has 2 aliphatic heterocycles. The fourth-order valence-electron chi connectivity index (χ4n) is 6.84. The molecule has 1 saturated carbocycles. The van der Waals surface area contributed by atoms with Gasteiger partial charge in [-0.2, -0.15) is 0 Å². The number of aryl methyl sites for hydroxylation is 2. The third-order valence-electron chi connectivity index (χ3n) is 9.81. The summed E-state index contributed by atoms with van der Waals surface area (Å²) >= 11 is 6.35. The first-order chi connectivity index (χ1) is 22.7. The standard InChI is InChI=1S/C34H43ClN6O5S/c1-3-28-9-4-5-10-31(46-22-33-36-38-39-40(33)2)29-15-12-25(29)20-41-17-7-6-8-23-18-27(35)14-11-26(23)21-45-32-16-13-24(19-30(32)41)34(42)37-47(28,43)44/h5,10-11,13-14,16,18-19,25,28-29,31H,3-4,6-9,12,15,17,20-22H2,1-2H3,(H,37,42)/b10-5+/t25-,28+,29+,31-/m0/s1. The number of benzene rings is 2. The molecular weight excluding hydrogens is 640 g/mol. The van der Waals surface area contributed by atoms with Gasteiger partial charge in [0.25, 0.3) is 5.91 Å². The maximum Gasteiger partial charge on any atom is 0.264 e. The first-order valence-electron chi connectivity index (χ1n) is 16.6. The molecule has 1 N–H and O–H groups in total. The normalized spacial score (nSPS) is 25.6. The average Bonchev–Trinajstić information content (AvgIpc) is 3.44. The number of hydrogen-bond acceptors (Lipinski definition) is 9. The molecule has 13 heteroatoms. The minimum atomic E-state index is -3.91. The highest BCUT2D eigenvalue weighted by atomic mass is 35.5. The van der Waals surface area contributed by atoms with E-state index in [4.69, 9.17) is 21.1 Å². The highest BCUT2D eigenvalue weighted by molar-refractivity contribution is 7.90. The molecule has 0 saturated heterocycles. The van der Waals surface area contributed by atoms with Crippen LogP contribution in [0.2, 0.25) is 5.02 Å². The second-order valence-electron chi connectivity index (χ2n) is 12.8. The van der Waals surface area contributed by atoms with E-state index in [0.717, 1.165) is 56.4 Å². The van der Waals surface area contributed by atoms with Crippen LogP contribution in [0.15, 0.2) is 48.6 Å². The van der Waals surface area contributed by atoms with Crippen LogP contribution in [-0.4, -0.2) is 59.0 Å². The van der Waals surface area contributed by atoms with Crippen LogP contribution in [0.1, 0.15) is 79.2 Å². The average molecular weight is 683 g/mol. The fourth-order valence-corrected chi connectivity index (χ4v) is 8.46. The highest BCUT2D eigenvalue weighted by Gasteiger charge is 2.38. The van der Waals surface area contributed by atoms with Crippen LogP contribution in [0.5, 0.6) is 5.75 Å². The van der Waals surface area contributed by atoms with Gasteiger partial charge in [0.15, 0.2) is 5.82 Å². The number of allylic oxidation sites excluding steroid dienone is 1. The molecule has 11 nitrogen and oxygen atoms in total. The molecule has 47 heavy (non-hydrogen) atoms. The molecule has 0 unspecified atom stereocenters. The van der Waals surface area contributed by atoms with Gasteiger partial charge in [0.2, 0.25) is 10.0 Å². The number of carbonyl (C=O) groups excluding carboxylic acids is 1. The molecule has 1 fully saturated rings. The van der Waals surface area contributed by atoms with E-state index in [9.17, 15) is 13.2 Å². The van der Waals surface area contributed by atoms with Gasteiger partial charge in [0.05, 0.1) is 17.0 Å². The zero-order valence-electron chi connectivity index (χ0n) is 27.0. The van der Waals surface area contributed by atoms with E-state index >= 15 is 0 Å². The van der Waals surface area contributed by atoms with Gasteiger partial charge >= 0.3 is 0 Å². The van der Waals surface area contributed by atoms with Crippen molar-refractivity contribution in [3.8, 4) is 5.75 Å². The lowest BCUT2D eigenvalue weighted by molar-refractivity contribution is -0.0256. The van der Waals surface area contributed by atoms with Gasteiger partial charge in [-0.05, 0) is 115 Å². The predicted octanol–water partition coefficient (Wildman–Crippen LogP) is 5.39. The van der Waals surface area contributed by atoms with Crippen LogP contribution >= 0.6 is 11.6 Å². The van der Waals surface area contributed by atoms with Crippen molar-refractivity contribution in [2.24, 2.45) is 18.9 Å². The molecule has 1 amide bonds. The first-order valence-corrected chi connectivity index (χ1v) is 18.5. The molecule has 3 aromatic rings. The van der Waals surface area contributed by atoms with Crippen molar-refractivity contribution in [2.75, 3.05) is 18.0 Å². The Bertz CT molecular complexity index is 1710. The molecule has 0 spiro atoms. The predicted molar refractivity (Wildman–Crippen MR) is 180 cm³/mol. The first kappa shape index (κ1) is 33.4. The molecule has 2 aromatic carbocycles. The SMILES string of the molecule is CC[C@@H]1CC/C=C/[C@H](OCc2nnnn2C)[C@@H]2CC[C@H]2CN2CCCCc3cc(Cl)ccc3COc3ccc(cc32)C(=O)NS1(=O)=O. The van der Waals surface area contributed by atoms with E-state index in [0.29, 0.717) is 48.4 Å². The van der Waals surface area contributed by atoms with Crippen molar-refractivity contribution in [3.63, 3.8) is 0 Å².